The highest BCUT2D eigenvalue weighted by molar-refractivity contribution is 6.31. The normalized spacial score (nSPS) is 11.5. The summed E-state index contributed by atoms with van der Waals surface area (Å²) in [6.45, 7) is 1.72. The van der Waals surface area contributed by atoms with Crippen LogP contribution in [0.2, 0.25) is 5.02 Å². The van der Waals surface area contributed by atoms with Gasteiger partial charge in [-0.3, -0.25) is 14.0 Å². The number of amides is 1. The molecule has 0 aliphatic heterocycles. The molecule has 0 radical (unpaired) electrons. The number of benzene rings is 2. The summed E-state index contributed by atoms with van der Waals surface area (Å²) >= 11 is 5.65. The molecular weight excluding hydrogens is 546 g/mol. The number of fused-ring (bicyclic) bond motifs is 1. The molecular formula is C24H14ClF4N7O3. The van der Waals surface area contributed by atoms with Crippen LogP contribution in [0.15, 0.2) is 65.8 Å². The van der Waals surface area contributed by atoms with Crippen molar-refractivity contribution >= 4 is 28.8 Å². The minimum Gasteiger partial charge on any atom is -0.433 e. The second-order valence-electron chi connectivity index (χ2n) is 8.01. The van der Waals surface area contributed by atoms with Crippen molar-refractivity contribution in [3.8, 4) is 17.3 Å². The zero-order chi connectivity index (χ0) is 27.9. The number of carbonyl (C=O) groups excluding carboxylic acids is 1. The van der Waals surface area contributed by atoms with Gasteiger partial charge < -0.3 is 10.1 Å². The number of rotatable bonds is 5. The number of hydrogen-bond acceptors (Lipinski definition) is 7. The number of ether oxygens (including phenoxy) is 1. The summed E-state index contributed by atoms with van der Waals surface area (Å²) in [6.07, 6.45) is -0.595. The molecule has 5 aromatic rings. The Morgan fingerprint density at radius 2 is 1.87 bits per heavy atom. The fourth-order valence-electron chi connectivity index (χ4n) is 3.53. The van der Waals surface area contributed by atoms with Crippen molar-refractivity contribution in [3.63, 3.8) is 0 Å². The van der Waals surface area contributed by atoms with E-state index in [1.165, 1.54) is 24.4 Å². The molecule has 0 unspecified atom stereocenters. The first kappa shape index (κ1) is 25.8. The van der Waals surface area contributed by atoms with E-state index in [1.54, 1.807) is 17.5 Å². The first-order valence-electron chi connectivity index (χ1n) is 10.9. The zero-order valence-electron chi connectivity index (χ0n) is 19.6. The molecule has 0 saturated heterocycles. The number of hydrogen-bond donors (Lipinski definition) is 1. The van der Waals surface area contributed by atoms with Gasteiger partial charge in [0.1, 0.15) is 5.82 Å². The zero-order valence-corrected chi connectivity index (χ0v) is 20.3. The second-order valence-corrected chi connectivity index (χ2v) is 8.42. The number of alkyl halides is 3. The van der Waals surface area contributed by atoms with Gasteiger partial charge in [0.05, 0.1) is 16.3 Å². The summed E-state index contributed by atoms with van der Waals surface area (Å²) < 4.78 is 62.5. The highest BCUT2D eigenvalue weighted by atomic mass is 35.5. The number of aromatic nitrogens is 6. The topological polar surface area (TPSA) is 116 Å². The predicted molar refractivity (Wildman–Crippen MR) is 130 cm³/mol. The molecule has 10 nitrogen and oxygen atoms in total. The molecule has 1 amide bonds. The molecule has 0 fully saturated rings. The SMILES string of the molecule is Cc1nnc2c(Oc3ccc(NC(=O)c4nn(-c5ccc(Cl)c(C(F)(F)F)c5)ccc4=O)cc3F)nccn12. The molecule has 0 atom stereocenters. The van der Waals surface area contributed by atoms with Gasteiger partial charge in [-0.25, -0.2) is 14.1 Å². The van der Waals surface area contributed by atoms with Crippen LogP contribution in [0, 0.1) is 12.7 Å². The second kappa shape index (κ2) is 9.79. The molecule has 5 rings (SSSR count). The van der Waals surface area contributed by atoms with Gasteiger partial charge in [0, 0.05) is 36.4 Å². The van der Waals surface area contributed by atoms with Crippen LogP contribution in [0.3, 0.4) is 0 Å². The van der Waals surface area contributed by atoms with Crippen molar-refractivity contribution < 1.29 is 27.1 Å². The van der Waals surface area contributed by atoms with Gasteiger partial charge in [-0.05, 0) is 37.3 Å². The van der Waals surface area contributed by atoms with Crippen molar-refractivity contribution in [3.05, 3.63) is 99.2 Å². The van der Waals surface area contributed by atoms with E-state index >= 15 is 0 Å². The lowest BCUT2D eigenvalue weighted by Gasteiger charge is -2.13. The van der Waals surface area contributed by atoms with E-state index < -0.39 is 39.6 Å². The lowest BCUT2D eigenvalue weighted by Crippen LogP contribution is -2.25. The molecule has 3 aromatic heterocycles. The van der Waals surface area contributed by atoms with Crippen molar-refractivity contribution in [1.29, 1.82) is 0 Å². The minimum atomic E-state index is -4.73. The van der Waals surface area contributed by atoms with E-state index in [-0.39, 0.29) is 28.7 Å². The van der Waals surface area contributed by atoms with Crippen molar-refractivity contribution in [2.45, 2.75) is 13.1 Å². The quantitative estimate of drug-likeness (QED) is 0.306. The van der Waals surface area contributed by atoms with E-state index in [9.17, 15) is 27.2 Å². The van der Waals surface area contributed by atoms with E-state index in [2.05, 4.69) is 25.6 Å². The molecule has 0 saturated carbocycles. The third-order valence-corrected chi connectivity index (χ3v) is 5.73. The third kappa shape index (κ3) is 5.13. The van der Waals surface area contributed by atoms with Crippen molar-refractivity contribution in [2.75, 3.05) is 5.32 Å². The van der Waals surface area contributed by atoms with Gasteiger partial charge in [-0.15, -0.1) is 10.2 Å². The number of anilines is 1. The first-order valence-corrected chi connectivity index (χ1v) is 11.3. The monoisotopic (exact) mass is 559 g/mol. The lowest BCUT2D eigenvalue weighted by molar-refractivity contribution is -0.137. The lowest BCUT2D eigenvalue weighted by atomic mass is 10.2. The van der Waals surface area contributed by atoms with Gasteiger partial charge in [-0.1, -0.05) is 11.6 Å². The first-order chi connectivity index (χ1) is 18.5. The van der Waals surface area contributed by atoms with Crippen LogP contribution in [-0.2, 0) is 6.18 Å². The summed E-state index contributed by atoms with van der Waals surface area (Å²) in [6, 6.07) is 7.42. The highest BCUT2D eigenvalue weighted by Crippen LogP contribution is 2.35. The molecule has 198 valence electrons. The molecule has 0 aliphatic carbocycles. The van der Waals surface area contributed by atoms with Crippen molar-refractivity contribution in [1.82, 2.24) is 29.4 Å². The number of carbonyl (C=O) groups is 1. The van der Waals surface area contributed by atoms with Gasteiger partial charge in [0.25, 0.3) is 11.8 Å². The number of nitrogens with zero attached hydrogens (tertiary/aromatic N) is 6. The van der Waals surface area contributed by atoms with Crippen LogP contribution >= 0.6 is 11.6 Å². The summed E-state index contributed by atoms with van der Waals surface area (Å²) in [5.41, 5.74) is -2.44. The van der Waals surface area contributed by atoms with E-state index in [1.807, 2.05) is 0 Å². The number of nitrogens with one attached hydrogen (secondary N) is 1. The van der Waals surface area contributed by atoms with E-state index in [0.29, 0.717) is 5.82 Å². The molecule has 15 heteroatoms. The van der Waals surface area contributed by atoms with Crippen LogP contribution in [0.5, 0.6) is 11.6 Å². The predicted octanol–water partition coefficient (Wildman–Crippen LogP) is 4.83. The smallest absolute Gasteiger partial charge is 0.417 e. The Morgan fingerprint density at radius 3 is 2.62 bits per heavy atom. The molecule has 0 spiro atoms. The maximum absolute atomic E-state index is 14.8. The fraction of sp³-hybridized carbons (Fsp3) is 0.0833. The summed E-state index contributed by atoms with van der Waals surface area (Å²) in [5, 5.41) is 13.5. The fourth-order valence-corrected chi connectivity index (χ4v) is 3.75. The van der Waals surface area contributed by atoms with Crippen LogP contribution in [-0.4, -0.2) is 35.3 Å². The molecule has 1 N–H and O–H groups in total. The Hall–Kier alpha value is -4.85. The van der Waals surface area contributed by atoms with Gasteiger partial charge >= 0.3 is 6.18 Å². The Morgan fingerprint density at radius 1 is 1.08 bits per heavy atom. The Bertz CT molecular complexity index is 1800. The average Bonchev–Trinajstić information content (AvgIpc) is 3.27. The highest BCUT2D eigenvalue weighted by Gasteiger charge is 2.33. The Balaban J connectivity index is 1.38. The maximum atomic E-state index is 14.8. The van der Waals surface area contributed by atoms with Crippen LogP contribution in [0.4, 0.5) is 23.2 Å². The van der Waals surface area contributed by atoms with E-state index in [4.69, 9.17) is 16.3 Å². The van der Waals surface area contributed by atoms with Crippen molar-refractivity contribution in [2.24, 2.45) is 0 Å². The van der Waals surface area contributed by atoms with Gasteiger partial charge in [0.15, 0.2) is 17.3 Å². The molecule has 3 heterocycles. The van der Waals surface area contributed by atoms with Gasteiger partial charge in [-0.2, -0.15) is 18.3 Å². The standard InChI is InChI=1S/C24H14ClF4N7O3/c1-12-32-33-21-23(30-7-9-35(12)21)39-19-5-2-13(10-17(19)26)31-22(38)20-18(37)6-8-36(34-20)14-3-4-16(25)15(11-14)24(27,28)29/h2-11H,1H3,(H,31,38). The maximum Gasteiger partial charge on any atom is 0.417 e. The Kier molecular flexibility index (Phi) is 6.48. The Labute approximate surface area is 220 Å². The largest absolute Gasteiger partial charge is 0.433 e. The summed E-state index contributed by atoms with van der Waals surface area (Å²) in [7, 11) is 0. The molecule has 39 heavy (non-hydrogen) atoms. The molecule has 2 aromatic carbocycles. The summed E-state index contributed by atoms with van der Waals surface area (Å²) in [5.74, 6) is -1.54. The van der Waals surface area contributed by atoms with Gasteiger partial charge in [0.2, 0.25) is 11.1 Å². The van der Waals surface area contributed by atoms with E-state index in [0.717, 1.165) is 35.1 Å². The minimum absolute atomic E-state index is 0.00120. The van der Waals surface area contributed by atoms with Crippen LogP contribution in [0.1, 0.15) is 21.9 Å². The molecule has 0 bridgehead atoms. The number of halogens is 5. The summed E-state index contributed by atoms with van der Waals surface area (Å²) in [4.78, 5) is 29.1. The average molecular weight is 560 g/mol. The molecule has 0 aliphatic rings. The van der Waals surface area contributed by atoms with Crippen LogP contribution < -0.4 is 15.5 Å². The van der Waals surface area contributed by atoms with Crippen LogP contribution in [0.25, 0.3) is 11.3 Å². The number of aryl methyl sites for hydroxylation is 1. The third-order valence-electron chi connectivity index (χ3n) is 5.40.